The Kier molecular flexibility index (Phi) is 3.90. The Labute approximate surface area is 87.9 Å². The zero-order valence-corrected chi connectivity index (χ0v) is 8.54. The van der Waals surface area contributed by atoms with E-state index < -0.39 is 0 Å². The van der Waals surface area contributed by atoms with Crippen molar-refractivity contribution in [2.24, 2.45) is 0 Å². The Morgan fingerprint density at radius 2 is 2.36 bits per heavy atom. The molecule has 0 amide bonds. The van der Waals surface area contributed by atoms with Crippen LogP contribution in [-0.2, 0) is 0 Å². The van der Waals surface area contributed by atoms with Gasteiger partial charge in [0.1, 0.15) is 6.07 Å². The van der Waals surface area contributed by atoms with Gasteiger partial charge in [-0.05, 0) is 18.7 Å². The van der Waals surface area contributed by atoms with Crippen LogP contribution in [0.25, 0.3) is 0 Å². The molecule has 2 N–H and O–H groups in total. The number of hydrogen-bond donors (Lipinski definition) is 2. The van der Waals surface area contributed by atoms with E-state index in [9.17, 15) is 0 Å². The summed E-state index contributed by atoms with van der Waals surface area (Å²) in [7, 11) is 1.73. The van der Waals surface area contributed by atoms with Gasteiger partial charge in [0.2, 0.25) is 0 Å². The van der Waals surface area contributed by atoms with Gasteiger partial charge < -0.3 is 10.4 Å². The SMILES string of the molecule is CN[C@@H](CO)c1cccc(C#N)c1Cl. The standard InChI is InChI=1S/C10H11ClN2O/c1-13-9(6-14)8-4-2-3-7(5-12)10(8)11/h2-4,9,13-14H,6H2,1H3/t9-/m0/s1. The van der Waals surface area contributed by atoms with Gasteiger partial charge in [-0.2, -0.15) is 5.26 Å². The average molecular weight is 211 g/mol. The van der Waals surface area contributed by atoms with Crippen LogP contribution < -0.4 is 5.32 Å². The van der Waals surface area contributed by atoms with Crippen LogP contribution >= 0.6 is 11.6 Å². The molecule has 1 aromatic rings. The number of nitrogens with one attached hydrogen (secondary N) is 1. The summed E-state index contributed by atoms with van der Waals surface area (Å²) in [5, 5.41) is 21.1. The molecular formula is C10H11ClN2O. The number of benzene rings is 1. The van der Waals surface area contributed by atoms with Crippen molar-refractivity contribution in [3.05, 3.63) is 34.3 Å². The Morgan fingerprint density at radius 1 is 1.64 bits per heavy atom. The molecule has 0 aliphatic rings. The van der Waals surface area contributed by atoms with E-state index in [1.807, 2.05) is 6.07 Å². The van der Waals surface area contributed by atoms with Crippen LogP contribution in [0.15, 0.2) is 18.2 Å². The first-order valence-corrected chi connectivity index (χ1v) is 4.59. The maximum atomic E-state index is 9.06. The minimum absolute atomic E-state index is 0.0505. The van der Waals surface area contributed by atoms with Gasteiger partial charge in [0.25, 0.3) is 0 Å². The highest BCUT2D eigenvalue weighted by Gasteiger charge is 2.13. The lowest BCUT2D eigenvalue weighted by atomic mass is 10.0. The molecule has 1 atom stereocenters. The molecule has 3 nitrogen and oxygen atoms in total. The minimum Gasteiger partial charge on any atom is -0.394 e. The molecule has 0 aliphatic heterocycles. The van der Waals surface area contributed by atoms with Crippen LogP contribution in [0, 0.1) is 11.3 Å². The van der Waals surface area contributed by atoms with Crippen LogP contribution in [0.2, 0.25) is 5.02 Å². The number of nitrogens with zero attached hydrogens (tertiary/aromatic N) is 1. The Bertz CT molecular complexity index is 356. The molecule has 0 saturated heterocycles. The van der Waals surface area contributed by atoms with Crippen molar-refractivity contribution in [3.8, 4) is 6.07 Å². The quantitative estimate of drug-likeness (QED) is 0.795. The topological polar surface area (TPSA) is 56.0 Å². The Balaban J connectivity index is 3.15. The van der Waals surface area contributed by atoms with Crippen molar-refractivity contribution in [3.63, 3.8) is 0 Å². The monoisotopic (exact) mass is 210 g/mol. The number of hydrogen-bond acceptors (Lipinski definition) is 3. The van der Waals surface area contributed by atoms with Crippen LogP contribution in [-0.4, -0.2) is 18.8 Å². The maximum Gasteiger partial charge on any atom is 0.101 e. The first kappa shape index (κ1) is 11.0. The second kappa shape index (κ2) is 4.97. The summed E-state index contributed by atoms with van der Waals surface area (Å²) in [6.45, 7) is -0.0505. The molecule has 74 valence electrons. The number of aliphatic hydroxyl groups is 1. The van der Waals surface area contributed by atoms with Crippen molar-refractivity contribution in [1.82, 2.24) is 5.32 Å². The first-order valence-electron chi connectivity index (χ1n) is 4.21. The van der Waals surface area contributed by atoms with Crippen molar-refractivity contribution < 1.29 is 5.11 Å². The number of nitriles is 1. The number of likely N-dealkylation sites (N-methyl/N-ethyl adjacent to an activating group) is 1. The number of rotatable bonds is 3. The molecule has 0 heterocycles. The molecule has 0 aromatic heterocycles. The van der Waals surface area contributed by atoms with Gasteiger partial charge in [-0.1, -0.05) is 23.7 Å². The summed E-state index contributed by atoms with van der Waals surface area (Å²) in [5.41, 5.74) is 1.17. The smallest absolute Gasteiger partial charge is 0.101 e. The van der Waals surface area contributed by atoms with E-state index in [-0.39, 0.29) is 12.6 Å². The largest absolute Gasteiger partial charge is 0.394 e. The lowest BCUT2D eigenvalue weighted by Gasteiger charge is -2.15. The fourth-order valence-corrected chi connectivity index (χ4v) is 1.55. The zero-order chi connectivity index (χ0) is 10.6. The summed E-state index contributed by atoms with van der Waals surface area (Å²) in [6.07, 6.45) is 0. The van der Waals surface area contributed by atoms with E-state index in [1.165, 1.54) is 0 Å². The van der Waals surface area contributed by atoms with Crippen molar-refractivity contribution in [2.45, 2.75) is 6.04 Å². The maximum absolute atomic E-state index is 9.06. The molecule has 1 rings (SSSR count). The van der Waals surface area contributed by atoms with E-state index in [2.05, 4.69) is 5.32 Å². The minimum atomic E-state index is -0.226. The first-order chi connectivity index (χ1) is 6.74. The van der Waals surface area contributed by atoms with Gasteiger partial charge >= 0.3 is 0 Å². The predicted octanol–water partition coefficient (Wildman–Crippen LogP) is 1.46. The second-order valence-electron chi connectivity index (χ2n) is 2.84. The Morgan fingerprint density at radius 3 is 2.86 bits per heavy atom. The normalized spacial score (nSPS) is 12.1. The number of halogens is 1. The third-order valence-electron chi connectivity index (χ3n) is 2.06. The molecule has 0 saturated carbocycles. The van der Waals surface area contributed by atoms with Gasteiger partial charge in [0.15, 0.2) is 0 Å². The van der Waals surface area contributed by atoms with Crippen LogP contribution in [0.5, 0.6) is 0 Å². The van der Waals surface area contributed by atoms with Crippen molar-refractivity contribution in [1.29, 1.82) is 5.26 Å². The lowest BCUT2D eigenvalue weighted by Crippen LogP contribution is -2.20. The molecule has 0 radical (unpaired) electrons. The molecule has 0 aliphatic carbocycles. The third-order valence-corrected chi connectivity index (χ3v) is 2.48. The van der Waals surface area contributed by atoms with Crippen molar-refractivity contribution >= 4 is 11.6 Å². The summed E-state index contributed by atoms with van der Waals surface area (Å²) in [5.74, 6) is 0. The predicted molar refractivity (Wildman–Crippen MR) is 55.1 cm³/mol. The van der Waals surface area contributed by atoms with E-state index in [0.29, 0.717) is 10.6 Å². The molecular weight excluding hydrogens is 200 g/mol. The molecule has 4 heteroatoms. The van der Waals surface area contributed by atoms with E-state index in [0.717, 1.165) is 5.56 Å². The second-order valence-corrected chi connectivity index (χ2v) is 3.22. The van der Waals surface area contributed by atoms with Gasteiger partial charge in [-0.25, -0.2) is 0 Å². The molecule has 0 fully saturated rings. The van der Waals surface area contributed by atoms with Gasteiger partial charge in [0, 0.05) is 0 Å². The summed E-state index contributed by atoms with van der Waals surface area (Å²) >= 11 is 5.99. The van der Waals surface area contributed by atoms with Crippen LogP contribution in [0.4, 0.5) is 0 Å². The summed E-state index contributed by atoms with van der Waals surface area (Å²) < 4.78 is 0. The zero-order valence-electron chi connectivity index (χ0n) is 7.79. The van der Waals surface area contributed by atoms with Gasteiger partial charge in [0.05, 0.1) is 23.2 Å². The highest BCUT2D eigenvalue weighted by Crippen LogP contribution is 2.25. The molecule has 1 aromatic carbocycles. The fraction of sp³-hybridized carbons (Fsp3) is 0.300. The molecule has 14 heavy (non-hydrogen) atoms. The number of aliphatic hydroxyl groups excluding tert-OH is 1. The third kappa shape index (κ3) is 2.05. The van der Waals surface area contributed by atoms with Gasteiger partial charge in [-0.3, -0.25) is 0 Å². The summed E-state index contributed by atoms with van der Waals surface area (Å²) in [4.78, 5) is 0. The highest BCUT2D eigenvalue weighted by atomic mass is 35.5. The van der Waals surface area contributed by atoms with Gasteiger partial charge in [-0.15, -0.1) is 0 Å². The van der Waals surface area contributed by atoms with E-state index in [1.54, 1.807) is 25.2 Å². The van der Waals surface area contributed by atoms with E-state index in [4.69, 9.17) is 22.0 Å². The van der Waals surface area contributed by atoms with Crippen LogP contribution in [0.3, 0.4) is 0 Å². The lowest BCUT2D eigenvalue weighted by molar-refractivity contribution is 0.251. The Hall–Kier alpha value is -1.08. The highest BCUT2D eigenvalue weighted by molar-refractivity contribution is 6.32. The molecule has 0 bridgehead atoms. The van der Waals surface area contributed by atoms with Crippen LogP contribution in [0.1, 0.15) is 17.2 Å². The van der Waals surface area contributed by atoms with Crippen molar-refractivity contribution in [2.75, 3.05) is 13.7 Å². The van der Waals surface area contributed by atoms with E-state index >= 15 is 0 Å². The summed E-state index contributed by atoms with van der Waals surface area (Å²) in [6, 6.07) is 6.96. The molecule has 0 spiro atoms. The molecule has 0 unspecified atom stereocenters. The fourth-order valence-electron chi connectivity index (χ4n) is 1.25. The average Bonchev–Trinajstić information content (AvgIpc) is 2.22.